The molecule has 1 aliphatic heterocycles. The largest absolute Gasteiger partial charge is 0.326 e. The van der Waals surface area contributed by atoms with E-state index in [1.54, 1.807) is 0 Å². The molecular formula is C16H22ClN3O5S. The van der Waals surface area contributed by atoms with Crippen molar-refractivity contribution in [2.75, 3.05) is 24.2 Å². The lowest BCUT2D eigenvalue weighted by Gasteiger charge is -2.30. The van der Waals surface area contributed by atoms with E-state index in [2.05, 4.69) is 5.32 Å². The molecule has 1 amide bonds. The van der Waals surface area contributed by atoms with Gasteiger partial charge in [-0.2, -0.15) is 0 Å². The van der Waals surface area contributed by atoms with Crippen LogP contribution in [0, 0.1) is 16.0 Å². The van der Waals surface area contributed by atoms with Crippen LogP contribution in [0.3, 0.4) is 0 Å². The Kier molecular flexibility index (Phi) is 6.96. The minimum absolute atomic E-state index is 0.0513. The van der Waals surface area contributed by atoms with Gasteiger partial charge in [-0.05, 0) is 31.4 Å². The molecule has 2 rings (SSSR count). The summed E-state index contributed by atoms with van der Waals surface area (Å²) in [4.78, 5) is 22.5. The summed E-state index contributed by atoms with van der Waals surface area (Å²) in [6.45, 7) is 2.59. The van der Waals surface area contributed by atoms with Crippen molar-refractivity contribution in [1.82, 2.24) is 4.31 Å². The lowest BCUT2D eigenvalue weighted by Crippen LogP contribution is -2.42. The Morgan fingerprint density at radius 3 is 2.58 bits per heavy atom. The summed E-state index contributed by atoms with van der Waals surface area (Å²) in [6, 6.07) is 4.00. The van der Waals surface area contributed by atoms with Gasteiger partial charge < -0.3 is 5.32 Å². The van der Waals surface area contributed by atoms with E-state index in [0.29, 0.717) is 38.0 Å². The number of amides is 1. The number of carbonyl (C=O) groups excluding carboxylic acids is 1. The highest BCUT2D eigenvalue weighted by molar-refractivity contribution is 7.89. The van der Waals surface area contributed by atoms with Crippen molar-refractivity contribution in [3.63, 3.8) is 0 Å². The summed E-state index contributed by atoms with van der Waals surface area (Å²) in [6.07, 6.45) is 2.33. The topological polar surface area (TPSA) is 110 Å². The van der Waals surface area contributed by atoms with Crippen molar-refractivity contribution in [3.8, 4) is 0 Å². The third kappa shape index (κ3) is 5.15. The van der Waals surface area contributed by atoms with Gasteiger partial charge in [0.1, 0.15) is 5.02 Å². The zero-order chi connectivity index (χ0) is 19.3. The number of nitro benzene ring substituents is 1. The van der Waals surface area contributed by atoms with Crippen LogP contribution >= 0.6 is 11.6 Å². The zero-order valence-electron chi connectivity index (χ0n) is 14.5. The second-order valence-electron chi connectivity index (χ2n) is 6.26. The van der Waals surface area contributed by atoms with Gasteiger partial charge in [-0.15, -0.1) is 0 Å². The van der Waals surface area contributed by atoms with Gasteiger partial charge in [-0.1, -0.05) is 24.9 Å². The van der Waals surface area contributed by atoms with E-state index >= 15 is 0 Å². The van der Waals surface area contributed by atoms with Crippen molar-refractivity contribution < 1.29 is 18.1 Å². The van der Waals surface area contributed by atoms with Crippen LogP contribution in [0.1, 0.15) is 32.6 Å². The van der Waals surface area contributed by atoms with Gasteiger partial charge in [0.2, 0.25) is 15.9 Å². The Bertz CT molecular complexity index is 776. The normalized spacial score (nSPS) is 16.4. The molecule has 8 nitrogen and oxygen atoms in total. The number of carbonyl (C=O) groups is 1. The van der Waals surface area contributed by atoms with Gasteiger partial charge in [-0.25, -0.2) is 12.7 Å². The number of halogens is 1. The molecule has 0 atom stereocenters. The van der Waals surface area contributed by atoms with Crippen LogP contribution in [-0.4, -0.2) is 42.4 Å². The van der Waals surface area contributed by atoms with E-state index in [1.165, 1.54) is 22.5 Å². The summed E-state index contributed by atoms with van der Waals surface area (Å²) in [5.41, 5.74) is 0.152. The molecule has 0 spiro atoms. The van der Waals surface area contributed by atoms with E-state index in [-0.39, 0.29) is 28.3 Å². The number of hydrogen-bond acceptors (Lipinski definition) is 5. The van der Waals surface area contributed by atoms with Gasteiger partial charge in [0.25, 0.3) is 5.69 Å². The summed E-state index contributed by atoms with van der Waals surface area (Å²) in [7, 11) is -3.25. The number of sulfonamides is 1. The van der Waals surface area contributed by atoms with E-state index in [9.17, 15) is 23.3 Å². The fraction of sp³-hybridized carbons (Fsp3) is 0.562. The predicted octanol–water partition coefficient (Wildman–Crippen LogP) is 3.03. The maximum atomic E-state index is 12.4. The monoisotopic (exact) mass is 403 g/mol. The Morgan fingerprint density at radius 2 is 2.04 bits per heavy atom. The third-order valence-electron chi connectivity index (χ3n) is 4.39. The van der Waals surface area contributed by atoms with Crippen LogP contribution in [0.15, 0.2) is 18.2 Å². The van der Waals surface area contributed by atoms with Gasteiger partial charge in [0.15, 0.2) is 0 Å². The number of hydrogen-bond donors (Lipinski definition) is 1. The summed E-state index contributed by atoms with van der Waals surface area (Å²) in [5, 5.41) is 13.4. The van der Waals surface area contributed by atoms with Crippen LogP contribution in [0.25, 0.3) is 0 Å². The number of rotatable bonds is 7. The number of benzene rings is 1. The molecule has 26 heavy (non-hydrogen) atoms. The number of anilines is 1. The number of unbranched alkanes of at least 4 members (excludes halogenated alkanes) is 1. The van der Waals surface area contributed by atoms with E-state index in [4.69, 9.17) is 11.6 Å². The third-order valence-corrected chi connectivity index (χ3v) is 6.65. The molecule has 1 heterocycles. The lowest BCUT2D eigenvalue weighted by molar-refractivity contribution is -0.384. The molecule has 1 saturated heterocycles. The first-order valence-corrected chi connectivity index (χ1v) is 10.5. The molecule has 0 radical (unpaired) electrons. The van der Waals surface area contributed by atoms with E-state index in [0.717, 1.165) is 6.42 Å². The Balaban J connectivity index is 1.92. The Labute approximate surface area is 157 Å². The minimum Gasteiger partial charge on any atom is -0.326 e. The second-order valence-corrected chi connectivity index (χ2v) is 8.75. The number of nitrogens with one attached hydrogen (secondary N) is 1. The molecular weight excluding hydrogens is 382 g/mol. The molecule has 1 aromatic rings. The molecule has 0 bridgehead atoms. The summed E-state index contributed by atoms with van der Waals surface area (Å²) < 4.78 is 25.8. The average molecular weight is 404 g/mol. The first-order valence-electron chi connectivity index (χ1n) is 8.47. The molecule has 144 valence electrons. The van der Waals surface area contributed by atoms with Crippen LogP contribution in [-0.2, 0) is 14.8 Å². The molecule has 0 aromatic heterocycles. The molecule has 1 N–H and O–H groups in total. The van der Waals surface area contributed by atoms with Crippen molar-refractivity contribution in [3.05, 3.63) is 33.3 Å². The zero-order valence-corrected chi connectivity index (χ0v) is 16.1. The predicted molar refractivity (Wildman–Crippen MR) is 99.7 cm³/mol. The van der Waals surface area contributed by atoms with Crippen LogP contribution in [0.5, 0.6) is 0 Å². The number of nitrogens with zero attached hydrogens (tertiary/aromatic N) is 2. The maximum absolute atomic E-state index is 12.4. The van der Waals surface area contributed by atoms with Crippen LogP contribution < -0.4 is 5.32 Å². The fourth-order valence-electron chi connectivity index (χ4n) is 2.83. The van der Waals surface area contributed by atoms with Gasteiger partial charge in [0, 0.05) is 30.8 Å². The Hall–Kier alpha value is -1.71. The standard InChI is InChI=1S/C16H22ClN3O5S/c1-2-3-10-26(24,25)19-8-6-12(7-9-19)16(21)18-13-4-5-15(20(22)23)14(17)11-13/h4-5,11-12H,2-3,6-10H2,1H3,(H,18,21). The van der Waals surface area contributed by atoms with Crippen molar-refractivity contribution in [1.29, 1.82) is 0 Å². The maximum Gasteiger partial charge on any atom is 0.288 e. The SMILES string of the molecule is CCCCS(=O)(=O)N1CCC(C(=O)Nc2ccc([N+](=O)[O-])c(Cl)c2)CC1. The summed E-state index contributed by atoms with van der Waals surface area (Å²) >= 11 is 5.84. The number of nitro groups is 1. The molecule has 1 aliphatic rings. The highest BCUT2D eigenvalue weighted by Gasteiger charge is 2.30. The molecule has 1 aromatic carbocycles. The van der Waals surface area contributed by atoms with Gasteiger partial charge in [-0.3, -0.25) is 14.9 Å². The van der Waals surface area contributed by atoms with Gasteiger partial charge >= 0.3 is 0 Å². The smallest absolute Gasteiger partial charge is 0.288 e. The molecule has 10 heteroatoms. The van der Waals surface area contributed by atoms with Gasteiger partial charge in [0.05, 0.1) is 10.7 Å². The summed E-state index contributed by atoms with van der Waals surface area (Å²) in [5.74, 6) is -0.399. The van der Waals surface area contributed by atoms with Crippen LogP contribution in [0.2, 0.25) is 5.02 Å². The quantitative estimate of drug-likeness (QED) is 0.555. The van der Waals surface area contributed by atoms with Crippen LogP contribution in [0.4, 0.5) is 11.4 Å². The molecule has 1 fully saturated rings. The molecule has 0 aliphatic carbocycles. The van der Waals surface area contributed by atoms with Crippen molar-refractivity contribution >= 4 is 38.9 Å². The minimum atomic E-state index is -3.25. The van der Waals surface area contributed by atoms with Crippen molar-refractivity contribution in [2.24, 2.45) is 5.92 Å². The average Bonchev–Trinajstić information content (AvgIpc) is 2.60. The molecule has 0 unspecified atom stereocenters. The van der Waals surface area contributed by atoms with E-state index < -0.39 is 14.9 Å². The molecule has 0 saturated carbocycles. The second kappa shape index (κ2) is 8.79. The lowest BCUT2D eigenvalue weighted by atomic mass is 9.97. The Morgan fingerprint density at radius 1 is 1.38 bits per heavy atom. The first-order chi connectivity index (χ1) is 12.2. The first kappa shape index (κ1) is 20.6. The fourth-order valence-corrected chi connectivity index (χ4v) is 4.76. The van der Waals surface area contributed by atoms with E-state index in [1.807, 2.05) is 6.92 Å². The van der Waals surface area contributed by atoms with Crippen molar-refractivity contribution in [2.45, 2.75) is 32.6 Å². The number of piperidine rings is 1. The highest BCUT2D eigenvalue weighted by Crippen LogP contribution is 2.28. The highest BCUT2D eigenvalue weighted by atomic mass is 35.5.